The van der Waals surface area contributed by atoms with Gasteiger partial charge in [-0.1, -0.05) is 19.0 Å². The number of hydrogen-bond acceptors (Lipinski definition) is 5. The molecule has 0 N–H and O–H groups in total. The highest BCUT2D eigenvalue weighted by Gasteiger charge is 2.31. The van der Waals surface area contributed by atoms with Crippen LogP contribution in [-0.2, 0) is 13.1 Å². The quantitative estimate of drug-likeness (QED) is 0.847. The first-order valence-corrected chi connectivity index (χ1v) is 8.29. The van der Waals surface area contributed by atoms with Gasteiger partial charge in [-0.2, -0.15) is 10.2 Å². The van der Waals surface area contributed by atoms with E-state index >= 15 is 0 Å². The Balaban J connectivity index is 1.76. The zero-order valence-corrected chi connectivity index (χ0v) is 14.0. The predicted octanol–water partition coefficient (Wildman–Crippen LogP) is 3.22. The van der Waals surface area contributed by atoms with Gasteiger partial charge in [0.1, 0.15) is 11.8 Å². The fourth-order valence-corrected chi connectivity index (χ4v) is 3.16. The van der Waals surface area contributed by atoms with Crippen LogP contribution in [0, 0.1) is 11.3 Å². The molecule has 0 spiro atoms. The van der Waals surface area contributed by atoms with Crippen LogP contribution in [0.25, 0.3) is 0 Å². The molecule has 0 aromatic carbocycles. The topological polar surface area (TPSA) is 70.9 Å². The normalized spacial score (nSPS) is 18.7. The third-order valence-corrected chi connectivity index (χ3v) is 4.42. The van der Waals surface area contributed by atoms with Crippen molar-refractivity contribution in [2.75, 3.05) is 6.54 Å². The summed E-state index contributed by atoms with van der Waals surface area (Å²) in [5, 5.41) is 13.3. The second-order valence-electron chi connectivity index (χ2n) is 6.41. The van der Waals surface area contributed by atoms with Gasteiger partial charge in [0.05, 0.1) is 6.04 Å². The minimum atomic E-state index is 0.186. The number of likely N-dealkylation sites (tertiary alicyclic amines) is 1. The Hall–Kier alpha value is -2.13. The molecule has 0 aliphatic carbocycles. The lowest BCUT2D eigenvalue weighted by Gasteiger charge is -2.20. The Morgan fingerprint density at radius 2 is 2.30 bits per heavy atom. The average molecular weight is 313 g/mol. The molecule has 0 amide bonds. The minimum Gasteiger partial charge on any atom is -0.339 e. The number of aryl methyl sites for hydroxylation is 1. The van der Waals surface area contributed by atoms with Gasteiger partial charge in [-0.15, -0.1) is 0 Å². The van der Waals surface area contributed by atoms with Crippen molar-refractivity contribution in [2.24, 2.45) is 0 Å². The van der Waals surface area contributed by atoms with E-state index in [1.54, 1.807) is 0 Å². The fraction of sp³-hybridized carbons (Fsp3) is 0.588. The molecule has 2 aromatic heterocycles. The van der Waals surface area contributed by atoms with Gasteiger partial charge in [0.25, 0.3) is 0 Å². The van der Waals surface area contributed by atoms with E-state index in [1.165, 1.54) is 5.56 Å². The van der Waals surface area contributed by atoms with Crippen LogP contribution < -0.4 is 0 Å². The first-order chi connectivity index (χ1) is 11.1. The summed E-state index contributed by atoms with van der Waals surface area (Å²) in [7, 11) is 0. The fourth-order valence-electron chi connectivity index (χ4n) is 3.16. The van der Waals surface area contributed by atoms with E-state index < -0.39 is 0 Å². The first-order valence-electron chi connectivity index (χ1n) is 8.29. The Morgan fingerprint density at radius 3 is 2.91 bits per heavy atom. The summed E-state index contributed by atoms with van der Waals surface area (Å²) in [6.07, 6.45) is 4.24. The standard InChI is InChI=1S/C17H23N5O/c1-4-21-10-13(8-14(21)9-18)11-22-7-5-6-15(22)17-19-16(12(2)3)20-23-17/h8,10,12,15H,4-7,11H2,1-3H3/t15-/m0/s1. The van der Waals surface area contributed by atoms with Gasteiger partial charge in [0.2, 0.25) is 5.89 Å². The van der Waals surface area contributed by atoms with E-state index in [-0.39, 0.29) is 12.0 Å². The van der Waals surface area contributed by atoms with E-state index in [1.807, 2.05) is 10.6 Å². The van der Waals surface area contributed by atoms with Crippen molar-refractivity contribution < 1.29 is 4.52 Å². The molecule has 0 saturated carbocycles. The number of hydrogen-bond donors (Lipinski definition) is 0. The monoisotopic (exact) mass is 313 g/mol. The summed E-state index contributed by atoms with van der Waals surface area (Å²) in [5.41, 5.74) is 1.89. The van der Waals surface area contributed by atoms with E-state index in [4.69, 9.17) is 4.52 Å². The van der Waals surface area contributed by atoms with Crippen LogP contribution in [0.2, 0.25) is 0 Å². The molecule has 1 aliphatic rings. The molecule has 6 heteroatoms. The molecule has 0 radical (unpaired) electrons. The second kappa shape index (κ2) is 6.55. The number of nitrogens with zero attached hydrogens (tertiary/aromatic N) is 5. The lowest BCUT2D eigenvalue weighted by Crippen LogP contribution is -2.22. The van der Waals surface area contributed by atoms with E-state index in [0.29, 0.717) is 0 Å². The highest BCUT2D eigenvalue weighted by atomic mass is 16.5. The maximum absolute atomic E-state index is 9.19. The van der Waals surface area contributed by atoms with Gasteiger partial charge < -0.3 is 9.09 Å². The maximum Gasteiger partial charge on any atom is 0.244 e. The highest BCUT2D eigenvalue weighted by molar-refractivity contribution is 5.28. The third-order valence-electron chi connectivity index (χ3n) is 4.42. The van der Waals surface area contributed by atoms with Crippen molar-refractivity contribution in [1.82, 2.24) is 19.6 Å². The van der Waals surface area contributed by atoms with Crippen LogP contribution in [0.5, 0.6) is 0 Å². The molecular weight excluding hydrogens is 290 g/mol. The molecule has 6 nitrogen and oxygen atoms in total. The molecule has 2 aromatic rings. The van der Waals surface area contributed by atoms with Gasteiger partial charge in [-0.05, 0) is 37.9 Å². The summed E-state index contributed by atoms with van der Waals surface area (Å²) < 4.78 is 7.48. The van der Waals surface area contributed by atoms with Crippen molar-refractivity contribution in [1.29, 1.82) is 5.26 Å². The number of aromatic nitrogens is 3. The molecule has 1 aliphatic heterocycles. The van der Waals surface area contributed by atoms with Crippen LogP contribution in [-0.4, -0.2) is 26.2 Å². The average Bonchev–Trinajstić information content (AvgIpc) is 3.25. The van der Waals surface area contributed by atoms with Crippen molar-refractivity contribution in [2.45, 2.75) is 58.7 Å². The summed E-state index contributed by atoms with van der Waals surface area (Å²) in [4.78, 5) is 6.93. The van der Waals surface area contributed by atoms with E-state index in [2.05, 4.69) is 48.1 Å². The summed E-state index contributed by atoms with van der Waals surface area (Å²) in [6.45, 7) is 8.83. The molecule has 1 saturated heterocycles. The van der Waals surface area contributed by atoms with Gasteiger partial charge >= 0.3 is 0 Å². The van der Waals surface area contributed by atoms with Crippen LogP contribution in [0.4, 0.5) is 0 Å². The Labute approximate surface area is 136 Å². The zero-order valence-electron chi connectivity index (χ0n) is 14.0. The molecule has 0 unspecified atom stereocenters. The number of rotatable bonds is 5. The SMILES string of the molecule is CCn1cc(CN2CCC[C@H]2c2nc(C(C)C)no2)cc1C#N. The van der Waals surface area contributed by atoms with Gasteiger partial charge in [0.15, 0.2) is 5.82 Å². The van der Waals surface area contributed by atoms with Crippen LogP contribution in [0.1, 0.15) is 68.5 Å². The van der Waals surface area contributed by atoms with Gasteiger partial charge in [-0.25, -0.2) is 0 Å². The van der Waals surface area contributed by atoms with Crippen molar-refractivity contribution in [3.05, 3.63) is 35.2 Å². The van der Waals surface area contributed by atoms with Crippen molar-refractivity contribution >= 4 is 0 Å². The van der Waals surface area contributed by atoms with Crippen molar-refractivity contribution in [3.8, 4) is 6.07 Å². The Kier molecular flexibility index (Phi) is 4.49. The minimum absolute atomic E-state index is 0.186. The summed E-state index contributed by atoms with van der Waals surface area (Å²) in [5.74, 6) is 1.77. The summed E-state index contributed by atoms with van der Waals surface area (Å²) >= 11 is 0. The predicted molar refractivity (Wildman–Crippen MR) is 85.6 cm³/mol. The highest BCUT2D eigenvalue weighted by Crippen LogP contribution is 2.33. The van der Waals surface area contributed by atoms with Crippen LogP contribution >= 0.6 is 0 Å². The van der Waals surface area contributed by atoms with Crippen LogP contribution in [0.15, 0.2) is 16.8 Å². The number of nitriles is 1. The first kappa shape index (κ1) is 15.8. The van der Waals surface area contributed by atoms with Crippen LogP contribution in [0.3, 0.4) is 0 Å². The maximum atomic E-state index is 9.19. The molecule has 0 bridgehead atoms. The van der Waals surface area contributed by atoms with Gasteiger partial charge in [-0.3, -0.25) is 4.90 Å². The Morgan fingerprint density at radius 1 is 1.48 bits per heavy atom. The molecular formula is C17H23N5O. The van der Waals surface area contributed by atoms with E-state index in [9.17, 15) is 5.26 Å². The lowest BCUT2D eigenvalue weighted by molar-refractivity contribution is 0.201. The smallest absolute Gasteiger partial charge is 0.244 e. The molecule has 1 atom stereocenters. The zero-order chi connectivity index (χ0) is 16.4. The molecule has 3 heterocycles. The largest absolute Gasteiger partial charge is 0.339 e. The third kappa shape index (κ3) is 3.15. The molecule has 1 fully saturated rings. The van der Waals surface area contributed by atoms with Gasteiger partial charge in [0, 0.05) is 25.2 Å². The lowest BCUT2D eigenvalue weighted by atomic mass is 10.2. The van der Waals surface area contributed by atoms with Crippen molar-refractivity contribution in [3.63, 3.8) is 0 Å². The molecule has 23 heavy (non-hydrogen) atoms. The molecule has 3 rings (SSSR count). The van der Waals surface area contributed by atoms with E-state index in [0.717, 1.165) is 49.9 Å². The molecule has 122 valence electrons. The second-order valence-corrected chi connectivity index (χ2v) is 6.41. The summed E-state index contributed by atoms with van der Waals surface area (Å²) in [6, 6.07) is 4.42. The Bertz CT molecular complexity index is 709.